The van der Waals surface area contributed by atoms with Gasteiger partial charge in [0, 0.05) is 60.5 Å². The van der Waals surface area contributed by atoms with Crippen molar-refractivity contribution in [1.82, 2.24) is 9.80 Å². The lowest BCUT2D eigenvalue weighted by molar-refractivity contribution is 0.0418. The van der Waals surface area contributed by atoms with Crippen LogP contribution in [-0.4, -0.2) is 67.4 Å². The van der Waals surface area contributed by atoms with Gasteiger partial charge in [0.2, 0.25) is 0 Å². The van der Waals surface area contributed by atoms with Gasteiger partial charge in [0.05, 0.1) is 13.2 Å². The number of aliphatic hydroxyl groups excluding tert-OH is 1. The van der Waals surface area contributed by atoms with E-state index >= 15 is 0 Å². The zero-order valence-electron chi connectivity index (χ0n) is 16.0. The highest BCUT2D eigenvalue weighted by atomic mass is 35.5. The molecule has 6 heteroatoms. The molecule has 1 unspecified atom stereocenters. The van der Waals surface area contributed by atoms with Gasteiger partial charge in [-0.25, -0.2) is 0 Å². The second-order valence-corrected chi connectivity index (χ2v) is 8.78. The van der Waals surface area contributed by atoms with Gasteiger partial charge >= 0.3 is 0 Å². The number of rotatable bonds is 6. The lowest BCUT2D eigenvalue weighted by Crippen LogP contribution is -2.48. The second kappa shape index (κ2) is 9.61. The summed E-state index contributed by atoms with van der Waals surface area (Å²) >= 11 is 8.18. The van der Waals surface area contributed by atoms with Crippen molar-refractivity contribution in [1.29, 1.82) is 0 Å². The largest absolute Gasteiger partial charge is 0.395 e. The average Bonchev–Trinajstić information content (AvgIpc) is 2.87. The summed E-state index contributed by atoms with van der Waals surface area (Å²) in [6, 6.07) is 14.7. The molecular weight excluding hydrogens is 392 g/mol. The van der Waals surface area contributed by atoms with Gasteiger partial charge < -0.3 is 9.84 Å². The third-order valence-corrected chi connectivity index (χ3v) is 6.92. The van der Waals surface area contributed by atoms with Crippen LogP contribution in [-0.2, 0) is 10.5 Å². The van der Waals surface area contributed by atoms with Gasteiger partial charge in [0.1, 0.15) is 6.10 Å². The van der Waals surface area contributed by atoms with E-state index in [-0.39, 0.29) is 12.7 Å². The van der Waals surface area contributed by atoms with E-state index in [1.807, 2.05) is 17.8 Å². The number of halogens is 1. The fraction of sp³-hybridized carbons (Fsp3) is 0.455. The molecule has 28 heavy (non-hydrogen) atoms. The molecule has 0 radical (unpaired) electrons. The smallest absolute Gasteiger partial charge is 0.109 e. The monoisotopic (exact) mass is 418 g/mol. The molecule has 0 saturated carbocycles. The van der Waals surface area contributed by atoms with Crippen LogP contribution in [0.5, 0.6) is 0 Å². The number of hydrogen-bond acceptors (Lipinski definition) is 5. The Morgan fingerprint density at radius 3 is 2.54 bits per heavy atom. The maximum atomic E-state index is 9.09. The lowest BCUT2D eigenvalue weighted by atomic mass is 9.97. The van der Waals surface area contributed by atoms with E-state index in [2.05, 4.69) is 46.2 Å². The van der Waals surface area contributed by atoms with Crippen molar-refractivity contribution >= 4 is 23.4 Å². The summed E-state index contributed by atoms with van der Waals surface area (Å²) < 4.78 is 6.48. The van der Waals surface area contributed by atoms with Gasteiger partial charge in [-0.15, -0.1) is 11.8 Å². The van der Waals surface area contributed by atoms with Crippen LogP contribution in [0.4, 0.5) is 0 Å². The Hall–Kier alpha value is -1.08. The summed E-state index contributed by atoms with van der Waals surface area (Å²) in [5.41, 5.74) is 3.77. The van der Waals surface area contributed by atoms with E-state index in [1.165, 1.54) is 21.6 Å². The van der Waals surface area contributed by atoms with E-state index in [9.17, 15) is 0 Å². The molecule has 1 fully saturated rings. The highest BCUT2D eigenvalue weighted by Gasteiger charge is 2.25. The molecule has 1 atom stereocenters. The van der Waals surface area contributed by atoms with E-state index in [0.717, 1.165) is 50.0 Å². The van der Waals surface area contributed by atoms with Crippen molar-refractivity contribution in [2.45, 2.75) is 16.8 Å². The quantitative estimate of drug-likeness (QED) is 0.774. The van der Waals surface area contributed by atoms with Crippen LogP contribution in [0.2, 0.25) is 5.02 Å². The third-order valence-electron chi connectivity index (χ3n) is 5.55. The maximum absolute atomic E-state index is 9.09. The minimum atomic E-state index is -0.0735. The Labute approximate surface area is 176 Å². The minimum Gasteiger partial charge on any atom is -0.395 e. The number of nitrogens with zero attached hydrogens (tertiary/aromatic N) is 2. The zero-order chi connectivity index (χ0) is 19.3. The lowest BCUT2D eigenvalue weighted by Gasteiger charge is -2.34. The molecule has 4 nitrogen and oxygen atoms in total. The van der Waals surface area contributed by atoms with Crippen molar-refractivity contribution in [2.24, 2.45) is 0 Å². The normalized spacial score (nSPS) is 20.4. The summed E-state index contributed by atoms with van der Waals surface area (Å²) in [6.07, 6.45) is -0.0735. The first-order valence-corrected chi connectivity index (χ1v) is 11.3. The molecule has 1 N–H and O–H groups in total. The Kier molecular flexibility index (Phi) is 6.94. The standard InChI is InChI=1S/C22H27ClN2O2S/c23-18-5-6-21-20(15-18)22(19-4-2-1-3-17(19)16-28-21)27-14-12-25-9-7-24(8-10-25)11-13-26/h1-6,15,22,26H,7-14,16H2. The Morgan fingerprint density at radius 2 is 1.75 bits per heavy atom. The van der Waals surface area contributed by atoms with Crippen molar-refractivity contribution in [3.63, 3.8) is 0 Å². The minimum absolute atomic E-state index is 0.0735. The molecule has 2 heterocycles. The first-order valence-electron chi connectivity index (χ1n) is 9.92. The molecule has 0 amide bonds. The van der Waals surface area contributed by atoms with Crippen molar-refractivity contribution in [3.05, 3.63) is 64.2 Å². The molecular formula is C22H27ClN2O2S. The topological polar surface area (TPSA) is 35.9 Å². The zero-order valence-corrected chi connectivity index (χ0v) is 17.6. The number of ether oxygens (including phenoxy) is 1. The summed E-state index contributed by atoms with van der Waals surface area (Å²) in [5.74, 6) is 0.956. The van der Waals surface area contributed by atoms with Gasteiger partial charge in [-0.2, -0.15) is 0 Å². The van der Waals surface area contributed by atoms with Crippen LogP contribution >= 0.6 is 23.4 Å². The van der Waals surface area contributed by atoms with Gasteiger partial charge in [-0.3, -0.25) is 9.80 Å². The van der Waals surface area contributed by atoms with Crippen molar-refractivity contribution in [2.75, 3.05) is 52.5 Å². The van der Waals surface area contributed by atoms with Crippen LogP contribution in [0.15, 0.2) is 47.4 Å². The summed E-state index contributed by atoms with van der Waals surface area (Å²) in [5, 5.41) is 9.84. The number of hydrogen-bond donors (Lipinski definition) is 1. The number of fused-ring (bicyclic) bond motifs is 2. The molecule has 0 aromatic heterocycles. The van der Waals surface area contributed by atoms with Gasteiger partial charge in [-0.1, -0.05) is 35.9 Å². The molecule has 2 aliphatic rings. The average molecular weight is 419 g/mol. The van der Waals surface area contributed by atoms with Crippen LogP contribution in [0.3, 0.4) is 0 Å². The van der Waals surface area contributed by atoms with Crippen molar-refractivity contribution < 1.29 is 9.84 Å². The number of β-amino-alcohol motifs (C(OH)–C–C–N with tert-alkyl or cyclic N) is 1. The number of piperazine rings is 1. The first-order chi connectivity index (χ1) is 13.7. The number of aliphatic hydroxyl groups is 1. The second-order valence-electron chi connectivity index (χ2n) is 7.33. The molecule has 2 aliphatic heterocycles. The van der Waals surface area contributed by atoms with Gasteiger partial charge in [-0.05, 0) is 29.3 Å². The maximum Gasteiger partial charge on any atom is 0.109 e. The van der Waals surface area contributed by atoms with Crippen LogP contribution in [0, 0.1) is 0 Å². The summed E-state index contributed by atoms with van der Waals surface area (Å²) in [7, 11) is 0. The Balaban J connectivity index is 1.44. The highest BCUT2D eigenvalue weighted by molar-refractivity contribution is 7.98. The molecule has 2 aromatic rings. The first kappa shape index (κ1) is 20.2. The Morgan fingerprint density at radius 1 is 1.00 bits per heavy atom. The molecule has 0 aliphatic carbocycles. The molecule has 150 valence electrons. The van der Waals surface area contributed by atoms with E-state index in [4.69, 9.17) is 21.4 Å². The molecule has 2 aromatic carbocycles. The highest BCUT2D eigenvalue weighted by Crippen LogP contribution is 2.42. The third kappa shape index (κ3) is 4.73. The summed E-state index contributed by atoms with van der Waals surface area (Å²) in [6.45, 7) is 6.72. The van der Waals surface area contributed by atoms with Gasteiger partial charge in [0.25, 0.3) is 0 Å². The SMILES string of the molecule is OCCN1CCN(CCOC2c3ccccc3CSc3ccc(Cl)cc32)CC1. The van der Waals surface area contributed by atoms with Crippen LogP contribution < -0.4 is 0 Å². The van der Waals surface area contributed by atoms with Crippen molar-refractivity contribution in [3.8, 4) is 0 Å². The number of benzene rings is 2. The van der Waals surface area contributed by atoms with Gasteiger partial charge in [0.15, 0.2) is 0 Å². The van der Waals surface area contributed by atoms with E-state index in [0.29, 0.717) is 6.61 Å². The fourth-order valence-electron chi connectivity index (χ4n) is 3.96. The van der Waals surface area contributed by atoms with Crippen LogP contribution in [0.1, 0.15) is 22.8 Å². The number of thioether (sulfide) groups is 1. The predicted octanol–water partition coefficient (Wildman–Crippen LogP) is 3.66. The fourth-order valence-corrected chi connectivity index (χ4v) is 5.21. The molecule has 1 saturated heterocycles. The Bertz CT molecular complexity index is 796. The van der Waals surface area contributed by atoms with E-state index in [1.54, 1.807) is 0 Å². The summed E-state index contributed by atoms with van der Waals surface area (Å²) in [4.78, 5) is 6.02. The molecule has 0 bridgehead atoms. The van der Waals surface area contributed by atoms with Crippen LogP contribution in [0.25, 0.3) is 0 Å². The molecule has 4 rings (SSSR count). The van der Waals surface area contributed by atoms with E-state index < -0.39 is 0 Å². The predicted molar refractivity (Wildman–Crippen MR) is 115 cm³/mol. The molecule has 0 spiro atoms.